The first-order valence-corrected chi connectivity index (χ1v) is 10.7. The summed E-state index contributed by atoms with van der Waals surface area (Å²) >= 11 is 0. The monoisotopic (exact) mass is 400 g/mol. The van der Waals surface area contributed by atoms with Crippen LogP contribution in [0.3, 0.4) is 0 Å². The van der Waals surface area contributed by atoms with Crippen LogP contribution < -0.4 is 5.32 Å². The predicted octanol–water partition coefficient (Wildman–Crippen LogP) is 4.88. The lowest BCUT2D eigenvalue weighted by Crippen LogP contribution is -2.45. The molecule has 5 nitrogen and oxygen atoms in total. The minimum absolute atomic E-state index is 0.0105. The van der Waals surface area contributed by atoms with Gasteiger partial charge >= 0.3 is 0 Å². The summed E-state index contributed by atoms with van der Waals surface area (Å²) in [5.41, 5.74) is 0.273. The van der Waals surface area contributed by atoms with Crippen molar-refractivity contribution in [1.82, 2.24) is 20.0 Å². The number of halogens is 2. The quantitative estimate of drug-likeness (QED) is 0.453. The van der Waals surface area contributed by atoms with Crippen molar-refractivity contribution in [3.05, 3.63) is 17.5 Å². The Morgan fingerprint density at radius 1 is 1.14 bits per heavy atom. The number of carbonyl (C=O) groups excluding carboxylic acids is 1. The summed E-state index contributed by atoms with van der Waals surface area (Å²) in [4.78, 5) is 15.0. The van der Waals surface area contributed by atoms with Crippen LogP contribution in [-0.4, -0.2) is 46.3 Å². The van der Waals surface area contributed by atoms with E-state index in [1.165, 1.54) is 49.3 Å². The van der Waals surface area contributed by atoms with Crippen molar-refractivity contribution in [3.63, 3.8) is 0 Å². The number of nitrogens with one attached hydrogen (secondary N) is 1. The van der Waals surface area contributed by atoms with Crippen LogP contribution in [0.25, 0.3) is 0 Å². The molecule has 1 aromatic rings. The Balaban J connectivity index is 2.61. The van der Waals surface area contributed by atoms with Gasteiger partial charge in [0, 0.05) is 18.3 Å². The fourth-order valence-electron chi connectivity index (χ4n) is 3.38. The average Bonchev–Trinajstić information content (AvgIpc) is 3.03. The maximum Gasteiger partial charge on any atom is 0.282 e. The number of alkyl halides is 2. The zero-order valence-corrected chi connectivity index (χ0v) is 18.2. The molecule has 28 heavy (non-hydrogen) atoms. The van der Waals surface area contributed by atoms with E-state index in [1.807, 2.05) is 6.92 Å². The van der Waals surface area contributed by atoms with Crippen LogP contribution in [0.5, 0.6) is 0 Å². The molecule has 2 unspecified atom stereocenters. The Hall–Kier alpha value is -1.50. The van der Waals surface area contributed by atoms with Gasteiger partial charge in [-0.25, -0.2) is 8.78 Å². The van der Waals surface area contributed by atoms with Gasteiger partial charge in [0.15, 0.2) is 0 Å². The fraction of sp³-hybridized carbons (Fsp3) is 0.810. The number of hydrogen-bond acceptors (Lipinski definition) is 3. The van der Waals surface area contributed by atoms with Gasteiger partial charge in [-0.2, -0.15) is 5.10 Å². The summed E-state index contributed by atoms with van der Waals surface area (Å²) in [6.45, 7) is 12.7. The number of aromatic nitrogens is 2. The number of amides is 1. The minimum Gasteiger partial charge on any atom is -0.351 e. The molecule has 2 atom stereocenters. The van der Waals surface area contributed by atoms with Gasteiger partial charge in [0.05, 0.1) is 0 Å². The van der Waals surface area contributed by atoms with Crippen molar-refractivity contribution in [2.45, 2.75) is 91.7 Å². The van der Waals surface area contributed by atoms with E-state index in [4.69, 9.17) is 0 Å². The number of carbonyl (C=O) groups is 1. The van der Waals surface area contributed by atoms with E-state index in [2.05, 4.69) is 29.2 Å². The van der Waals surface area contributed by atoms with Crippen LogP contribution in [0.1, 0.15) is 90.1 Å². The van der Waals surface area contributed by atoms with E-state index >= 15 is 0 Å². The van der Waals surface area contributed by atoms with Gasteiger partial charge in [-0.3, -0.25) is 9.48 Å². The normalized spacial score (nSPS) is 13.9. The van der Waals surface area contributed by atoms with E-state index in [0.717, 1.165) is 19.6 Å². The van der Waals surface area contributed by atoms with Gasteiger partial charge in [-0.1, -0.05) is 39.5 Å². The smallest absolute Gasteiger partial charge is 0.282 e. The van der Waals surface area contributed by atoms with Crippen molar-refractivity contribution in [1.29, 1.82) is 0 Å². The first kappa shape index (κ1) is 24.5. The molecular weight excluding hydrogens is 362 g/mol. The minimum atomic E-state index is -2.63. The third-order valence-electron chi connectivity index (χ3n) is 4.99. The molecule has 1 amide bonds. The lowest BCUT2D eigenvalue weighted by molar-refractivity contribution is -0.124. The van der Waals surface area contributed by atoms with Gasteiger partial charge in [0.2, 0.25) is 5.91 Å². The zero-order chi connectivity index (χ0) is 21.1. The lowest BCUT2D eigenvalue weighted by atomic mass is 10.2. The SMILES string of the molecule is CCCCCN(CCCCC)CC(C)NC(=O)C(C)n1nc(C(F)F)cc1C. The standard InChI is InChI=1S/C21H38F2N4O/c1-6-8-10-12-26(13-11-9-7-2)15-16(3)24-21(28)18(5)27-17(4)14-19(25-27)20(22)23/h14,16,18,20H,6-13,15H2,1-5H3,(H,24,28). The topological polar surface area (TPSA) is 50.2 Å². The number of aryl methyl sites for hydroxylation is 1. The molecule has 0 aliphatic heterocycles. The molecule has 0 aliphatic rings. The molecular formula is C21H38F2N4O. The van der Waals surface area contributed by atoms with Crippen LogP contribution >= 0.6 is 0 Å². The third-order valence-corrected chi connectivity index (χ3v) is 4.99. The Morgan fingerprint density at radius 3 is 2.18 bits per heavy atom. The van der Waals surface area contributed by atoms with Crippen molar-refractivity contribution in [2.24, 2.45) is 0 Å². The third kappa shape index (κ3) is 8.25. The van der Waals surface area contributed by atoms with Gasteiger partial charge in [0.1, 0.15) is 11.7 Å². The maximum absolute atomic E-state index is 12.9. The van der Waals surface area contributed by atoms with Crippen molar-refractivity contribution in [3.8, 4) is 0 Å². The molecule has 0 aromatic carbocycles. The second kappa shape index (κ2) is 12.9. The number of rotatable bonds is 14. The molecule has 7 heteroatoms. The molecule has 0 spiro atoms. The molecule has 0 radical (unpaired) electrons. The molecule has 1 aromatic heterocycles. The van der Waals surface area contributed by atoms with Crippen LogP contribution in [0.4, 0.5) is 8.78 Å². The molecule has 1 N–H and O–H groups in total. The van der Waals surface area contributed by atoms with E-state index in [-0.39, 0.29) is 17.6 Å². The van der Waals surface area contributed by atoms with Crippen LogP contribution in [-0.2, 0) is 4.79 Å². The Kier molecular flexibility index (Phi) is 11.3. The molecule has 1 heterocycles. The van der Waals surface area contributed by atoms with Gasteiger partial charge < -0.3 is 10.2 Å². The number of nitrogens with zero attached hydrogens (tertiary/aromatic N) is 3. The highest BCUT2D eigenvalue weighted by Gasteiger charge is 2.22. The van der Waals surface area contributed by atoms with Crippen molar-refractivity contribution < 1.29 is 13.6 Å². The summed E-state index contributed by atoms with van der Waals surface area (Å²) in [5.74, 6) is -0.193. The molecule has 0 saturated heterocycles. The highest BCUT2D eigenvalue weighted by Crippen LogP contribution is 2.20. The average molecular weight is 401 g/mol. The molecule has 1 rings (SSSR count). The molecule has 0 saturated carbocycles. The van der Waals surface area contributed by atoms with Crippen LogP contribution in [0.15, 0.2) is 6.07 Å². The van der Waals surface area contributed by atoms with E-state index in [0.29, 0.717) is 5.69 Å². The van der Waals surface area contributed by atoms with E-state index < -0.39 is 12.5 Å². The fourth-order valence-corrected chi connectivity index (χ4v) is 3.38. The number of unbranched alkanes of at least 4 members (excludes halogenated alkanes) is 4. The second-order valence-electron chi connectivity index (χ2n) is 7.76. The summed E-state index contributed by atoms with van der Waals surface area (Å²) in [6, 6.07) is 0.702. The summed E-state index contributed by atoms with van der Waals surface area (Å²) in [6.07, 6.45) is 4.52. The lowest BCUT2D eigenvalue weighted by Gasteiger charge is -2.27. The second-order valence-corrected chi connectivity index (χ2v) is 7.76. The first-order chi connectivity index (χ1) is 13.3. The van der Waals surface area contributed by atoms with Crippen molar-refractivity contribution >= 4 is 5.91 Å². The maximum atomic E-state index is 12.9. The first-order valence-electron chi connectivity index (χ1n) is 10.7. The summed E-state index contributed by atoms with van der Waals surface area (Å²) in [7, 11) is 0. The van der Waals surface area contributed by atoms with Crippen LogP contribution in [0, 0.1) is 6.92 Å². The molecule has 0 aliphatic carbocycles. The van der Waals surface area contributed by atoms with E-state index in [9.17, 15) is 13.6 Å². The van der Waals surface area contributed by atoms with Gasteiger partial charge in [0.25, 0.3) is 6.43 Å². The molecule has 0 bridgehead atoms. The Bertz CT molecular complexity index is 567. The number of hydrogen-bond donors (Lipinski definition) is 1. The summed E-state index contributed by atoms with van der Waals surface area (Å²) < 4.78 is 27.1. The molecule has 162 valence electrons. The molecule has 0 fully saturated rings. The Morgan fingerprint density at radius 2 is 1.71 bits per heavy atom. The van der Waals surface area contributed by atoms with E-state index in [1.54, 1.807) is 13.8 Å². The van der Waals surface area contributed by atoms with Gasteiger partial charge in [-0.15, -0.1) is 0 Å². The van der Waals surface area contributed by atoms with Crippen molar-refractivity contribution in [2.75, 3.05) is 19.6 Å². The largest absolute Gasteiger partial charge is 0.351 e. The summed E-state index contributed by atoms with van der Waals surface area (Å²) in [5, 5.41) is 6.92. The van der Waals surface area contributed by atoms with Gasteiger partial charge in [-0.05, 0) is 52.8 Å². The highest BCUT2D eigenvalue weighted by atomic mass is 19.3. The van der Waals surface area contributed by atoms with Crippen LogP contribution in [0.2, 0.25) is 0 Å². The highest BCUT2D eigenvalue weighted by molar-refractivity contribution is 5.80. The predicted molar refractivity (Wildman–Crippen MR) is 110 cm³/mol. The Labute approximate surface area is 168 Å². The zero-order valence-electron chi connectivity index (χ0n) is 18.2.